The van der Waals surface area contributed by atoms with Gasteiger partial charge in [0.05, 0.1) is 0 Å². The quantitative estimate of drug-likeness (QED) is 0.764. The molecule has 0 aliphatic heterocycles. The maximum atomic E-state index is 12.0. The van der Waals surface area contributed by atoms with Crippen molar-refractivity contribution in [3.05, 3.63) is 29.6 Å². The smallest absolute Gasteiger partial charge is 0.166 e. The van der Waals surface area contributed by atoms with Gasteiger partial charge in [0.15, 0.2) is 5.78 Å². The standard InChI is InChI=1S/C12H16N2O/c1-9-3-6-14-8-10(9)11(15)7-12(13)4-2-5-12/h3,6,8H,2,4-5,7,13H2,1H3. The molecule has 1 aliphatic carbocycles. The number of aryl methyl sites for hydroxylation is 1. The highest BCUT2D eigenvalue weighted by Crippen LogP contribution is 2.33. The van der Waals surface area contributed by atoms with E-state index in [4.69, 9.17) is 5.73 Å². The van der Waals surface area contributed by atoms with Crippen molar-refractivity contribution in [2.24, 2.45) is 5.73 Å². The van der Waals surface area contributed by atoms with Crippen LogP contribution in [-0.4, -0.2) is 16.3 Å². The van der Waals surface area contributed by atoms with Gasteiger partial charge in [0, 0.05) is 29.9 Å². The van der Waals surface area contributed by atoms with Crippen LogP contribution >= 0.6 is 0 Å². The van der Waals surface area contributed by atoms with E-state index in [0.717, 1.165) is 24.8 Å². The Bertz CT molecular complexity index is 383. The number of nitrogens with two attached hydrogens (primary N) is 1. The number of pyridine rings is 1. The second kappa shape index (κ2) is 3.74. The molecule has 0 bridgehead atoms. The Kier molecular flexibility index (Phi) is 2.57. The molecule has 2 rings (SSSR count). The Labute approximate surface area is 89.7 Å². The molecule has 0 atom stereocenters. The molecule has 0 radical (unpaired) electrons. The molecule has 3 heteroatoms. The summed E-state index contributed by atoms with van der Waals surface area (Å²) in [7, 11) is 0. The van der Waals surface area contributed by atoms with E-state index in [9.17, 15) is 4.79 Å². The lowest BCUT2D eigenvalue weighted by molar-refractivity contribution is 0.0911. The van der Waals surface area contributed by atoms with Gasteiger partial charge in [0.1, 0.15) is 0 Å². The SMILES string of the molecule is Cc1ccncc1C(=O)CC1(N)CCC1. The van der Waals surface area contributed by atoms with Crippen molar-refractivity contribution in [2.75, 3.05) is 0 Å². The lowest BCUT2D eigenvalue weighted by atomic mass is 9.73. The van der Waals surface area contributed by atoms with Crippen molar-refractivity contribution >= 4 is 5.78 Å². The average Bonchev–Trinajstić information content (AvgIpc) is 2.16. The molecule has 2 N–H and O–H groups in total. The summed E-state index contributed by atoms with van der Waals surface area (Å²) in [6.45, 7) is 1.93. The van der Waals surface area contributed by atoms with E-state index in [-0.39, 0.29) is 11.3 Å². The number of hydrogen-bond donors (Lipinski definition) is 1. The first-order valence-corrected chi connectivity index (χ1v) is 5.33. The van der Waals surface area contributed by atoms with Crippen LogP contribution in [0.1, 0.15) is 41.6 Å². The molecule has 3 nitrogen and oxygen atoms in total. The predicted octanol–water partition coefficient (Wildman–Crippen LogP) is 1.84. The molecule has 1 aliphatic rings. The van der Waals surface area contributed by atoms with Gasteiger partial charge in [-0.3, -0.25) is 9.78 Å². The van der Waals surface area contributed by atoms with Gasteiger partial charge in [0.2, 0.25) is 0 Å². The van der Waals surface area contributed by atoms with E-state index in [2.05, 4.69) is 4.98 Å². The maximum Gasteiger partial charge on any atom is 0.166 e. The molecule has 0 saturated heterocycles. The lowest BCUT2D eigenvalue weighted by Crippen LogP contribution is -2.48. The summed E-state index contributed by atoms with van der Waals surface area (Å²) in [6.07, 6.45) is 6.89. The van der Waals surface area contributed by atoms with Crippen LogP contribution in [0, 0.1) is 6.92 Å². The minimum Gasteiger partial charge on any atom is -0.325 e. The number of carbonyl (C=O) groups is 1. The molecule has 0 spiro atoms. The van der Waals surface area contributed by atoms with Crippen LogP contribution in [0.4, 0.5) is 0 Å². The topological polar surface area (TPSA) is 56.0 Å². The highest BCUT2D eigenvalue weighted by molar-refractivity contribution is 5.97. The molecule has 0 aromatic carbocycles. The fourth-order valence-electron chi connectivity index (χ4n) is 1.98. The average molecular weight is 204 g/mol. The Balaban J connectivity index is 2.11. The summed E-state index contributed by atoms with van der Waals surface area (Å²) in [4.78, 5) is 15.9. The van der Waals surface area contributed by atoms with Crippen molar-refractivity contribution < 1.29 is 4.79 Å². The van der Waals surface area contributed by atoms with Gasteiger partial charge in [0.25, 0.3) is 0 Å². The summed E-state index contributed by atoms with van der Waals surface area (Å²) in [5.74, 6) is 0.128. The molecule has 80 valence electrons. The van der Waals surface area contributed by atoms with E-state index in [1.54, 1.807) is 12.4 Å². The second-order valence-electron chi connectivity index (χ2n) is 4.51. The van der Waals surface area contributed by atoms with Crippen molar-refractivity contribution in [2.45, 2.75) is 38.1 Å². The fourth-order valence-corrected chi connectivity index (χ4v) is 1.98. The zero-order valence-electron chi connectivity index (χ0n) is 8.99. The van der Waals surface area contributed by atoms with Gasteiger partial charge >= 0.3 is 0 Å². The molecule has 1 saturated carbocycles. The first kappa shape index (κ1) is 10.3. The van der Waals surface area contributed by atoms with Crippen LogP contribution in [0.5, 0.6) is 0 Å². The molecule has 1 aromatic heterocycles. The predicted molar refractivity (Wildman–Crippen MR) is 58.7 cm³/mol. The Morgan fingerprint density at radius 2 is 2.33 bits per heavy atom. The number of aromatic nitrogens is 1. The van der Waals surface area contributed by atoms with Gasteiger partial charge < -0.3 is 5.73 Å². The van der Waals surface area contributed by atoms with Crippen LogP contribution < -0.4 is 5.73 Å². The third-order valence-corrected chi connectivity index (χ3v) is 3.20. The first-order valence-electron chi connectivity index (χ1n) is 5.33. The number of hydrogen-bond acceptors (Lipinski definition) is 3. The van der Waals surface area contributed by atoms with Crippen molar-refractivity contribution in [3.63, 3.8) is 0 Å². The number of Topliss-reactive ketones (excluding diaryl/α,β-unsaturated/α-hetero) is 1. The summed E-state index contributed by atoms with van der Waals surface area (Å²) >= 11 is 0. The van der Waals surface area contributed by atoms with Crippen LogP contribution in [-0.2, 0) is 0 Å². The van der Waals surface area contributed by atoms with E-state index in [0.29, 0.717) is 12.0 Å². The monoisotopic (exact) mass is 204 g/mol. The van der Waals surface area contributed by atoms with Gasteiger partial charge in [-0.2, -0.15) is 0 Å². The Hall–Kier alpha value is -1.22. The van der Waals surface area contributed by atoms with Gasteiger partial charge in [-0.05, 0) is 37.8 Å². The Morgan fingerprint density at radius 1 is 1.60 bits per heavy atom. The van der Waals surface area contributed by atoms with Crippen LogP contribution in [0.25, 0.3) is 0 Å². The van der Waals surface area contributed by atoms with Crippen molar-refractivity contribution in [1.82, 2.24) is 4.98 Å². The zero-order chi connectivity index (χ0) is 10.9. The number of ketones is 1. The van der Waals surface area contributed by atoms with E-state index in [1.807, 2.05) is 13.0 Å². The van der Waals surface area contributed by atoms with Crippen molar-refractivity contribution in [1.29, 1.82) is 0 Å². The van der Waals surface area contributed by atoms with Crippen LogP contribution in [0.2, 0.25) is 0 Å². The largest absolute Gasteiger partial charge is 0.325 e. The minimum atomic E-state index is -0.237. The number of nitrogens with zero attached hydrogens (tertiary/aromatic N) is 1. The molecular formula is C12H16N2O. The Morgan fingerprint density at radius 3 is 2.87 bits per heavy atom. The summed E-state index contributed by atoms with van der Waals surface area (Å²) in [5.41, 5.74) is 7.51. The third kappa shape index (κ3) is 2.07. The molecule has 0 unspecified atom stereocenters. The fraction of sp³-hybridized carbons (Fsp3) is 0.500. The summed E-state index contributed by atoms with van der Waals surface area (Å²) < 4.78 is 0. The molecule has 1 aromatic rings. The van der Waals surface area contributed by atoms with Crippen molar-refractivity contribution in [3.8, 4) is 0 Å². The molecular weight excluding hydrogens is 188 g/mol. The van der Waals surface area contributed by atoms with Crippen LogP contribution in [0.3, 0.4) is 0 Å². The zero-order valence-corrected chi connectivity index (χ0v) is 8.99. The van der Waals surface area contributed by atoms with Gasteiger partial charge in [-0.15, -0.1) is 0 Å². The first-order chi connectivity index (χ1) is 7.11. The lowest BCUT2D eigenvalue weighted by Gasteiger charge is -2.37. The van der Waals surface area contributed by atoms with Gasteiger partial charge in [-0.25, -0.2) is 0 Å². The van der Waals surface area contributed by atoms with Crippen LogP contribution in [0.15, 0.2) is 18.5 Å². The molecule has 15 heavy (non-hydrogen) atoms. The summed E-state index contributed by atoms with van der Waals surface area (Å²) in [5, 5.41) is 0. The third-order valence-electron chi connectivity index (χ3n) is 3.20. The summed E-state index contributed by atoms with van der Waals surface area (Å²) in [6, 6.07) is 1.86. The minimum absolute atomic E-state index is 0.128. The molecule has 0 amide bonds. The normalized spacial score (nSPS) is 18.3. The highest BCUT2D eigenvalue weighted by Gasteiger charge is 2.35. The molecule has 1 fully saturated rings. The molecule has 1 heterocycles. The van der Waals surface area contributed by atoms with E-state index >= 15 is 0 Å². The highest BCUT2D eigenvalue weighted by atomic mass is 16.1. The van der Waals surface area contributed by atoms with E-state index < -0.39 is 0 Å². The van der Waals surface area contributed by atoms with E-state index in [1.165, 1.54) is 0 Å². The second-order valence-corrected chi connectivity index (χ2v) is 4.51. The van der Waals surface area contributed by atoms with Gasteiger partial charge in [-0.1, -0.05) is 0 Å². The number of carbonyl (C=O) groups excluding carboxylic acids is 1. The number of rotatable bonds is 3. The maximum absolute atomic E-state index is 12.0.